The second-order valence-electron chi connectivity index (χ2n) is 4.29. The molecule has 1 aliphatic heterocycles. The molecule has 1 fully saturated rings. The van der Waals surface area contributed by atoms with Gasteiger partial charge >= 0.3 is 0 Å². The topological polar surface area (TPSA) is 31.4 Å². The summed E-state index contributed by atoms with van der Waals surface area (Å²) in [6.45, 7) is 7.86. The molecular formula is C11H20N4S. The Labute approximate surface area is 101 Å². The van der Waals surface area contributed by atoms with E-state index < -0.39 is 0 Å². The van der Waals surface area contributed by atoms with Crippen molar-refractivity contribution in [2.75, 3.05) is 44.7 Å². The van der Waals surface area contributed by atoms with Gasteiger partial charge in [0.1, 0.15) is 0 Å². The molecule has 0 aromatic carbocycles. The minimum Gasteiger partial charge on any atom is -0.346 e. The zero-order valence-corrected chi connectivity index (χ0v) is 10.8. The average Bonchev–Trinajstić information content (AvgIpc) is 2.83. The number of hydrogen-bond acceptors (Lipinski definition) is 5. The predicted octanol–water partition coefficient (Wildman–Crippen LogP) is 0.873. The van der Waals surface area contributed by atoms with Gasteiger partial charge in [0.25, 0.3) is 0 Å². The third kappa shape index (κ3) is 2.93. The van der Waals surface area contributed by atoms with E-state index in [-0.39, 0.29) is 0 Å². The molecule has 5 heteroatoms. The molecule has 1 atom stereocenters. The second kappa shape index (κ2) is 5.61. The van der Waals surface area contributed by atoms with Crippen molar-refractivity contribution < 1.29 is 0 Å². The molecule has 1 saturated heterocycles. The summed E-state index contributed by atoms with van der Waals surface area (Å²) in [6.07, 6.45) is 1.88. The lowest BCUT2D eigenvalue weighted by Crippen LogP contribution is -2.49. The van der Waals surface area contributed by atoms with Gasteiger partial charge in [-0.1, -0.05) is 0 Å². The molecular weight excluding hydrogens is 220 g/mol. The van der Waals surface area contributed by atoms with Crippen molar-refractivity contribution in [1.29, 1.82) is 0 Å². The molecule has 90 valence electrons. The van der Waals surface area contributed by atoms with Crippen molar-refractivity contribution in [2.45, 2.75) is 13.0 Å². The smallest absolute Gasteiger partial charge is 0.185 e. The molecule has 0 amide bonds. The number of piperazine rings is 1. The Morgan fingerprint density at radius 3 is 2.75 bits per heavy atom. The zero-order chi connectivity index (χ0) is 11.4. The maximum absolute atomic E-state index is 4.36. The van der Waals surface area contributed by atoms with E-state index in [0.29, 0.717) is 6.04 Å². The first kappa shape index (κ1) is 11.8. The molecule has 0 aliphatic carbocycles. The van der Waals surface area contributed by atoms with Crippen LogP contribution in [0.4, 0.5) is 5.13 Å². The van der Waals surface area contributed by atoms with Crippen molar-refractivity contribution in [2.24, 2.45) is 0 Å². The van der Waals surface area contributed by atoms with E-state index in [4.69, 9.17) is 0 Å². The highest BCUT2D eigenvalue weighted by Gasteiger charge is 2.19. The normalized spacial score (nSPS) is 20.0. The number of likely N-dealkylation sites (N-methyl/N-ethyl adjacent to an activating group) is 1. The summed E-state index contributed by atoms with van der Waals surface area (Å²) >= 11 is 1.73. The SMILES string of the molecule is CNC(C)CN1CCN(c2nccs2)CC1. The van der Waals surface area contributed by atoms with Crippen LogP contribution in [0, 0.1) is 0 Å². The molecule has 1 aromatic rings. The number of nitrogens with one attached hydrogen (secondary N) is 1. The Kier molecular flexibility index (Phi) is 4.15. The van der Waals surface area contributed by atoms with Crippen LogP contribution in [0.3, 0.4) is 0 Å². The summed E-state index contributed by atoms with van der Waals surface area (Å²) in [6, 6.07) is 0.575. The number of hydrogen-bond donors (Lipinski definition) is 1. The van der Waals surface area contributed by atoms with Gasteiger partial charge < -0.3 is 10.2 Å². The Morgan fingerprint density at radius 1 is 1.44 bits per heavy atom. The molecule has 0 radical (unpaired) electrons. The number of rotatable bonds is 4. The van der Waals surface area contributed by atoms with Crippen LogP contribution in [0.5, 0.6) is 0 Å². The van der Waals surface area contributed by atoms with Gasteiger partial charge in [0.05, 0.1) is 0 Å². The Hall–Kier alpha value is -0.650. The lowest BCUT2D eigenvalue weighted by molar-refractivity contribution is 0.237. The van der Waals surface area contributed by atoms with Crippen LogP contribution in [0.1, 0.15) is 6.92 Å². The van der Waals surface area contributed by atoms with Crippen molar-refractivity contribution in [3.63, 3.8) is 0 Å². The van der Waals surface area contributed by atoms with Crippen molar-refractivity contribution >= 4 is 16.5 Å². The van der Waals surface area contributed by atoms with E-state index in [1.165, 1.54) is 5.13 Å². The van der Waals surface area contributed by atoms with Crippen LogP contribution in [-0.2, 0) is 0 Å². The highest BCUT2D eigenvalue weighted by molar-refractivity contribution is 7.13. The summed E-state index contributed by atoms with van der Waals surface area (Å²) in [5.41, 5.74) is 0. The molecule has 16 heavy (non-hydrogen) atoms. The fourth-order valence-electron chi connectivity index (χ4n) is 1.97. The third-order valence-electron chi connectivity index (χ3n) is 3.09. The van der Waals surface area contributed by atoms with E-state index in [9.17, 15) is 0 Å². The first-order valence-corrected chi connectivity index (χ1v) is 6.71. The van der Waals surface area contributed by atoms with Crippen LogP contribution in [0.15, 0.2) is 11.6 Å². The van der Waals surface area contributed by atoms with Crippen molar-refractivity contribution in [1.82, 2.24) is 15.2 Å². The molecule has 1 aliphatic rings. The molecule has 1 unspecified atom stereocenters. The molecule has 0 saturated carbocycles. The predicted molar refractivity (Wildman–Crippen MR) is 69.3 cm³/mol. The first-order valence-electron chi connectivity index (χ1n) is 5.83. The molecule has 1 aromatic heterocycles. The Morgan fingerprint density at radius 2 is 2.19 bits per heavy atom. The molecule has 0 bridgehead atoms. The molecule has 0 spiro atoms. The average molecular weight is 240 g/mol. The largest absolute Gasteiger partial charge is 0.346 e. The number of nitrogens with zero attached hydrogens (tertiary/aromatic N) is 3. The van der Waals surface area contributed by atoms with Crippen LogP contribution in [0.2, 0.25) is 0 Å². The maximum Gasteiger partial charge on any atom is 0.185 e. The molecule has 4 nitrogen and oxygen atoms in total. The minimum absolute atomic E-state index is 0.575. The van der Waals surface area contributed by atoms with E-state index >= 15 is 0 Å². The van der Waals surface area contributed by atoms with Gasteiger partial charge in [-0.2, -0.15) is 0 Å². The lowest BCUT2D eigenvalue weighted by atomic mass is 10.2. The highest BCUT2D eigenvalue weighted by atomic mass is 32.1. The van der Waals surface area contributed by atoms with E-state index in [1.807, 2.05) is 18.6 Å². The van der Waals surface area contributed by atoms with E-state index in [1.54, 1.807) is 11.3 Å². The van der Waals surface area contributed by atoms with E-state index in [2.05, 4.69) is 27.0 Å². The molecule has 1 N–H and O–H groups in total. The van der Waals surface area contributed by atoms with Gasteiger partial charge in [-0.3, -0.25) is 4.90 Å². The second-order valence-corrected chi connectivity index (χ2v) is 5.17. The van der Waals surface area contributed by atoms with Gasteiger partial charge in [0.2, 0.25) is 0 Å². The van der Waals surface area contributed by atoms with Gasteiger partial charge in [0.15, 0.2) is 5.13 Å². The summed E-state index contributed by atoms with van der Waals surface area (Å²) in [5, 5.41) is 6.50. The summed E-state index contributed by atoms with van der Waals surface area (Å²) in [4.78, 5) is 9.25. The lowest BCUT2D eigenvalue weighted by Gasteiger charge is -2.35. The van der Waals surface area contributed by atoms with Gasteiger partial charge in [-0.25, -0.2) is 4.98 Å². The Balaban J connectivity index is 1.78. The quantitative estimate of drug-likeness (QED) is 0.846. The Bertz CT molecular complexity index is 293. The zero-order valence-electron chi connectivity index (χ0n) is 10.0. The fraction of sp³-hybridized carbons (Fsp3) is 0.727. The number of aromatic nitrogens is 1. The summed E-state index contributed by atoms with van der Waals surface area (Å²) in [7, 11) is 2.02. The minimum atomic E-state index is 0.575. The molecule has 2 rings (SSSR count). The highest BCUT2D eigenvalue weighted by Crippen LogP contribution is 2.18. The van der Waals surface area contributed by atoms with Gasteiger partial charge in [-0.15, -0.1) is 11.3 Å². The van der Waals surface area contributed by atoms with Crippen LogP contribution < -0.4 is 10.2 Å². The summed E-state index contributed by atoms with van der Waals surface area (Å²) < 4.78 is 0. The monoisotopic (exact) mass is 240 g/mol. The first-order chi connectivity index (χ1) is 7.79. The fourth-order valence-corrected chi connectivity index (χ4v) is 2.67. The maximum atomic E-state index is 4.36. The van der Waals surface area contributed by atoms with Crippen LogP contribution in [-0.4, -0.2) is 55.7 Å². The number of anilines is 1. The van der Waals surface area contributed by atoms with Gasteiger partial charge in [-0.05, 0) is 14.0 Å². The summed E-state index contributed by atoms with van der Waals surface area (Å²) in [5.74, 6) is 0. The molecule has 2 heterocycles. The third-order valence-corrected chi connectivity index (χ3v) is 3.92. The van der Waals surface area contributed by atoms with E-state index in [0.717, 1.165) is 32.7 Å². The van der Waals surface area contributed by atoms with Crippen molar-refractivity contribution in [3.05, 3.63) is 11.6 Å². The van der Waals surface area contributed by atoms with Gasteiger partial charge in [0, 0.05) is 50.3 Å². The van der Waals surface area contributed by atoms with Crippen LogP contribution >= 0.6 is 11.3 Å². The standard InChI is InChI=1S/C11H20N4S/c1-10(12-2)9-14-4-6-15(7-5-14)11-13-3-8-16-11/h3,8,10,12H,4-7,9H2,1-2H3. The number of thiazole rings is 1. The van der Waals surface area contributed by atoms with Crippen LogP contribution in [0.25, 0.3) is 0 Å². The van der Waals surface area contributed by atoms with Crippen molar-refractivity contribution in [3.8, 4) is 0 Å².